The van der Waals surface area contributed by atoms with Crippen LogP contribution in [0.3, 0.4) is 0 Å². The van der Waals surface area contributed by atoms with Crippen molar-refractivity contribution in [3.05, 3.63) is 51.2 Å². The summed E-state index contributed by atoms with van der Waals surface area (Å²) in [5.41, 5.74) is 1.65. The number of pyridine rings is 1. The van der Waals surface area contributed by atoms with Gasteiger partial charge >= 0.3 is 0 Å². The maximum Gasteiger partial charge on any atom is 0.265 e. The molecule has 0 radical (unpaired) electrons. The first-order valence-corrected chi connectivity index (χ1v) is 6.38. The first-order valence-electron chi connectivity index (χ1n) is 5.59. The minimum atomic E-state index is -0.0812. The lowest BCUT2D eigenvalue weighted by molar-refractivity contribution is 0.368. The lowest BCUT2D eigenvalue weighted by Gasteiger charge is -2.09. The summed E-state index contributed by atoms with van der Waals surface area (Å²) in [5.74, 6) is 0.632. The number of benzene rings is 1. The highest BCUT2D eigenvalue weighted by atomic mass is 79.9. The van der Waals surface area contributed by atoms with Gasteiger partial charge in [0.2, 0.25) is 0 Å². The zero-order valence-corrected chi connectivity index (χ0v) is 11.8. The largest absolute Gasteiger partial charge is 0.479 e. The quantitative estimate of drug-likeness (QED) is 0.874. The van der Waals surface area contributed by atoms with Gasteiger partial charge in [0.1, 0.15) is 11.8 Å². The first-order chi connectivity index (χ1) is 9.13. The van der Waals surface area contributed by atoms with Gasteiger partial charge in [0, 0.05) is 7.05 Å². The number of aromatic nitrogens is 1. The summed E-state index contributed by atoms with van der Waals surface area (Å²) >= 11 is 3.21. The van der Waals surface area contributed by atoms with Crippen LogP contribution >= 0.6 is 15.9 Å². The van der Waals surface area contributed by atoms with Crippen molar-refractivity contribution < 1.29 is 4.74 Å². The molecular weight excluding hydrogens is 308 g/mol. The molecule has 0 saturated heterocycles. The van der Waals surface area contributed by atoms with E-state index in [9.17, 15) is 4.79 Å². The molecule has 1 heterocycles. The number of halogens is 1. The second kappa shape index (κ2) is 5.72. The average Bonchev–Trinajstić information content (AvgIpc) is 2.44. The normalized spacial score (nSPS) is 9.95. The van der Waals surface area contributed by atoms with E-state index in [4.69, 9.17) is 10.00 Å². The molecule has 0 aliphatic carbocycles. The summed E-state index contributed by atoms with van der Waals surface area (Å²) in [7, 11) is 1.72. The molecule has 0 atom stereocenters. The molecule has 0 N–H and O–H groups in total. The lowest BCUT2D eigenvalue weighted by Crippen LogP contribution is -2.18. The van der Waals surface area contributed by atoms with E-state index in [1.54, 1.807) is 29.8 Å². The van der Waals surface area contributed by atoms with Crippen molar-refractivity contribution in [2.75, 3.05) is 6.61 Å². The van der Waals surface area contributed by atoms with Gasteiger partial charge in [0.05, 0.1) is 10.2 Å². The molecule has 0 bridgehead atoms. The minimum absolute atomic E-state index is 0.0239. The van der Waals surface area contributed by atoms with E-state index in [2.05, 4.69) is 15.9 Å². The maximum absolute atomic E-state index is 11.8. The fourth-order valence-corrected chi connectivity index (χ4v) is 2.13. The Balaban J connectivity index is 2.36. The van der Waals surface area contributed by atoms with Crippen LogP contribution in [-0.4, -0.2) is 11.2 Å². The van der Waals surface area contributed by atoms with Gasteiger partial charge in [-0.05, 0) is 57.9 Å². The van der Waals surface area contributed by atoms with Gasteiger partial charge in [-0.2, -0.15) is 5.26 Å². The van der Waals surface area contributed by atoms with Crippen LogP contribution < -0.4 is 10.3 Å². The van der Waals surface area contributed by atoms with E-state index in [0.717, 1.165) is 11.3 Å². The van der Waals surface area contributed by atoms with Crippen LogP contribution in [0.4, 0.5) is 0 Å². The molecule has 0 amide bonds. The summed E-state index contributed by atoms with van der Waals surface area (Å²) < 4.78 is 7.30. The topological polar surface area (TPSA) is 55.0 Å². The smallest absolute Gasteiger partial charge is 0.265 e. The van der Waals surface area contributed by atoms with Gasteiger partial charge in [0.25, 0.3) is 5.56 Å². The predicted octanol–water partition coefficient (Wildman–Crippen LogP) is 2.72. The van der Waals surface area contributed by atoms with Crippen LogP contribution in [0, 0.1) is 11.3 Å². The summed E-state index contributed by atoms with van der Waals surface area (Å²) in [4.78, 5) is 11.8. The zero-order valence-electron chi connectivity index (χ0n) is 10.3. The van der Waals surface area contributed by atoms with Gasteiger partial charge in [-0.3, -0.25) is 4.79 Å². The highest BCUT2D eigenvalue weighted by Crippen LogP contribution is 2.22. The van der Waals surface area contributed by atoms with E-state index < -0.39 is 0 Å². The lowest BCUT2D eigenvalue weighted by atomic mass is 10.1. The number of hydrogen-bond donors (Lipinski definition) is 0. The summed E-state index contributed by atoms with van der Waals surface area (Å²) in [5, 5.41) is 8.44. The molecule has 1 aromatic heterocycles. The zero-order chi connectivity index (χ0) is 13.8. The SMILES string of the molecule is Cn1c(-c2ccc(OCC#N)cc2)ccc(Br)c1=O. The van der Waals surface area contributed by atoms with Crippen molar-refractivity contribution in [2.45, 2.75) is 0 Å². The van der Waals surface area contributed by atoms with Crippen LogP contribution in [0.15, 0.2) is 45.7 Å². The fourth-order valence-electron chi connectivity index (χ4n) is 1.73. The third-order valence-electron chi connectivity index (χ3n) is 2.71. The molecule has 0 spiro atoms. The standard InChI is InChI=1S/C14H11BrN2O2/c1-17-13(7-6-12(15)14(17)18)10-2-4-11(5-3-10)19-9-8-16/h2-7H,9H2,1H3. The van der Waals surface area contributed by atoms with Crippen molar-refractivity contribution in [3.63, 3.8) is 0 Å². The van der Waals surface area contributed by atoms with Crippen molar-refractivity contribution in [2.24, 2.45) is 7.05 Å². The van der Waals surface area contributed by atoms with Crippen LogP contribution in [-0.2, 0) is 7.05 Å². The molecule has 1 aromatic carbocycles. The Morgan fingerprint density at radius 1 is 1.26 bits per heavy atom. The van der Waals surface area contributed by atoms with Gasteiger partial charge in [-0.15, -0.1) is 0 Å². The molecule has 2 rings (SSSR count). The Hall–Kier alpha value is -2.06. The highest BCUT2D eigenvalue weighted by molar-refractivity contribution is 9.10. The maximum atomic E-state index is 11.8. The molecular formula is C14H11BrN2O2. The third-order valence-corrected chi connectivity index (χ3v) is 3.31. The average molecular weight is 319 g/mol. The summed E-state index contributed by atoms with van der Waals surface area (Å²) in [6, 6.07) is 12.8. The van der Waals surface area contributed by atoms with Gasteiger partial charge < -0.3 is 9.30 Å². The van der Waals surface area contributed by atoms with E-state index in [-0.39, 0.29) is 12.2 Å². The first kappa shape index (κ1) is 13.4. The van der Waals surface area contributed by atoms with Crippen LogP contribution in [0.5, 0.6) is 5.75 Å². The predicted molar refractivity (Wildman–Crippen MR) is 75.9 cm³/mol. The molecule has 0 saturated carbocycles. The molecule has 5 heteroatoms. The number of nitriles is 1. The monoisotopic (exact) mass is 318 g/mol. The van der Waals surface area contributed by atoms with Gasteiger partial charge in [-0.1, -0.05) is 0 Å². The number of hydrogen-bond acceptors (Lipinski definition) is 3. The van der Waals surface area contributed by atoms with Crippen molar-refractivity contribution in [1.82, 2.24) is 4.57 Å². The van der Waals surface area contributed by atoms with E-state index in [0.29, 0.717) is 10.2 Å². The molecule has 4 nitrogen and oxygen atoms in total. The summed E-state index contributed by atoms with van der Waals surface area (Å²) in [6.07, 6.45) is 0. The molecule has 2 aromatic rings. The number of nitrogens with zero attached hydrogens (tertiary/aromatic N) is 2. The second-order valence-electron chi connectivity index (χ2n) is 3.90. The highest BCUT2D eigenvalue weighted by Gasteiger charge is 2.06. The van der Waals surface area contributed by atoms with Crippen LogP contribution in [0.1, 0.15) is 0 Å². The Kier molecular flexibility index (Phi) is 4.03. The van der Waals surface area contributed by atoms with Crippen LogP contribution in [0.25, 0.3) is 11.3 Å². The Morgan fingerprint density at radius 2 is 1.95 bits per heavy atom. The van der Waals surface area contributed by atoms with E-state index in [1.165, 1.54) is 0 Å². The van der Waals surface area contributed by atoms with Crippen molar-refractivity contribution in [1.29, 1.82) is 5.26 Å². The Bertz CT molecular complexity index is 684. The van der Waals surface area contributed by atoms with Crippen molar-refractivity contribution >= 4 is 15.9 Å². The van der Waals surface area contributed by atoms with Gasteiger partial charge in [0.15, 0.2) is 6.61 Å². The molecule has 19 heavy (non-hydrogen) atoms. The molecule has 0 fully saturated rings. The van der Waals surface area contributed by atoms with Crippen molar-refractivity contribution in [3.8, 4) is 23.1 Å². The van der Waals surface area contributed by atoms with E-state index in [1.807, 2.05) is 24.3 Å². The molecule has 0 aliphatic rings. The summed E-state index contributed by atoms with van der Waals surface area (Å²) in [6.45, 7) is 0.0239. The fraction of sp³-hybridized carbons (Fsp3) is 0.143. The Labute approximate surface area is 119 Å². The molecule has 0 aliphatic heterocycles. The Morgan fingerprint density at radius 3 is 2.58 bits per heavy atom. The minimum Gasteiger partial charge on any atom is -0.479 e. The molecule has 96 valence electrons. The third kappa shape index (κ3) is 2.85. The molecule has 0 unspecified atom stereocenters. The van der Waals surface area contributed by atoms with E-state index >= 15 is 0 Å². The van der Waals surface area contributed by atoms with Crippen LogP contribution in [0.2, 0.25) is 0 Å². The number of rotatable bonds is 3. The van der Waals surface area contributed by atoms with Gasteiger partial charge in [-0.25, -0.2) is 0 Å². The second-order valence-corrected chi connectivity index (χ2v) is 4.76. The number of ether oxygens (including phenoxy) is 1.